The van der Waals surface area contributed by atoms with Crippen molar-refractivity contribution in [3.63, 3.8) is 0 Å². The molecule has 1 N–H and O–H groups in total. The van der Waals surface area contributed by atoms with Gasteiger partial charge < -0.3 is 5.32 Å². The summed E-state index contributed by atoms with van der Waals surface area (Å²) < 4.78 is 0.632. The molecular weight excluding hydrogens is 247 g/mol. The Morgan fingerprint density at radius 2 is 2.30 bits per heavy atom. The van der Waals surface area contributed by atoms with Crippen LogP contribution in [0.5, 0.6) is 0 Å². The van der Waals surface area contributed by atoms with Gasteiger partial charge in [-0.05, 0) is 0 Å². The zero-order valence-corrected chi connectivity index (χ0v) is 7.58. The van der Waals surface area contributed by atoms with Crippen molar-refractivity contribution < 1.29 is 9.59 Å². The number of alkyl halides is 1. The summed E-state index contributed by atoms with van der Waals surface area (Å²) in [5, 5.41) is 2.53. The van der Waals surface area contributed by atoms with Crippen LogP contribution in [0.2, 0.25) is 0 Å². The van der Waals surface area contributed by atoms with Gasteiger partial charge in [-0.3, -0.25) is 9.69 Å². The molecule has 1 saturated heterocycles. The van der Waals surface area contributed by atoms with E-state index < -0.39 is 0 Å². The Balaban J connectivity index is 2.71. The fourth-order valence-electron chi connectivity index (χ4n) is 0.746. The van der Waals surface area contributed by atoms with Gasteiger partial charge in [0.2, 0.25) is 0 Å². The molecule has 56 valence electrons. The molecular formula is C5H7IN2O2. The van der Waals surface area contributed by atoms with Gasteiger partial charge in [-0.2, -0.15) is 0 Å². The first-order valence-corrected chi connectivity index (χ1v) is 4.33. The van der Waals surface area contributed by atoms with Crippen LogP contribution >= 0.6 is 22.6 Å². The average Bonchev–Trinajstić information content (AvgIpc) is 2.17. The zero-order chi connectivity index (χ0) is 7.72. The van der Waals surface area contributed by atoms with E-state index >= 15 is 0 Å². The highest BCUT2D eigenvalue weighted by Gasteiger charge is 2.33. The van der Waals surface area contributed by atoms with Crippen molar-refractivity contribution in [2.24, 2.45) is 0 Å². The second-order valence-electron chi connectivity index (χ2n) is 2.05. The molecule has 1 atom stereocenters. The number of halogens is 1. The second kappa shape index (κ2) is 2.73. The number of imide groups is 1. The molecule has 1 heterocycles. The minimum atomic E-state index is -0.307. The van der Waals surface area contributed by atoms with E-state index in [4.69, 9.17) is 0 Å². The van der Waals surface area contributed by atoms with E-state index in [1.54, 1.807) is 0 Å². The summed E-state index contributed by atoms with van der Waals surface area (Å²) in [6.07, 6.45) is 0. The van der Waals surface area contributed by atoms with E-state index in [0.717, 1.165) is 4.90 Å². The summed E-state index contributed by atoms with van der Waals surface area (Å²) in [6, 6.07) is -0.607. The van der Waals surface area contributed by atoms with Crippen LogP contribution in [-0.4, -0.2) is 34.4 Å². The summed E-state index contributed by atoms with van der Waals surface area (Å²) in [5.74, 6) is -0.139. The lowest BCUT2D eigenvalue weighted by molar-refractivity contribution is -0.126. The van der Waals surface area contributed by atoms with Crippen molar-refractivity contribution in [2.75, 3.05) is 11.5 Å². The van der Waals surface area contributed by atoms with Crippen LogP contribution in [0.1, 0.15) is 0 Å². The quantitative estimate of drug-likeness (QED) is 0.406. The smallest absolute Gasteiger partial charge is 0.324 e. The SMILES string of the molecule is CN1C(=O)NC(CI)C1=O. The van der Waals surface area contributed by atoms with Crippen molar-refractivity contribution in [1.82, 2.24) is 10.2 Å². The first kappa shape index (κ1) is 7.77. The molecule has 3 amide bonds. The van der Waals surface area contributed by atoms with Gasteiger partial charge >= 0.3 is 6.03 Å². The van der Waals surface area contributed by atoms with Gasteiger partial charge in [0.25, 0.3) is 5.91 Å². The van der Waals surface area contributed by atoms with Gasteiger partial charge in [0.1, 0.15) is 6.04 Å². The van der Waals surface area contributed by atoms with E-state index in [2.05, 4.69) is 27.9 Å². The molecule has 0 radical (unpaired) electrons. The van der Waals surface area contributed by atoms with Gasteiger partial charge in [0.05, 0.1) is 0 Å². The molecule has 5 heteroatoms. The molecule has 0 bridgehead atoms. The van der Waals surface area contributed by atoms with Crippen LogP contribution in [0, 0.1) is 0 Å². The largest absolute Gasteiger partial charge is 0.325 e. The van der Waals surface area contributed by atoms with Crippen molar-refractivity contribution >= 4 is 34.5 Å². The third kappa shape index (κ3) is 1.09. The highest BCUT2D eigenvalue weighted by atomic mass is 127. The number of likely N-dealkylation sites (N-methyl/N-ethyl adjacent to an activating group) is 1. The Hall–Kier alpha value is -0.330. The van der Waals surface area contributed by atoms with Crippen molar-refractivity contribution in [2.45, 2.75) is 6.04 Å². The Bertz CT molecular complexity index is 182. The van der Waals surface area contributed by atoms with E-state index in [-0.39, 0.29) is 18.0 Å². The maximum absolute atomic E-state index is 11.0. The fraction of sp³-hybridized carbons (Fsp3) is 0.600. The second-order valence-corrected chi connectivity index (χ2v) is 2.93. The molecule has 1 rings (SSSR count). The van der Waals surface area contributed by atoms with E-state index in [9.17, 15) is 9.59 Å². The number of rotatable bonds is 1. The molecule has 0 saturated carbocycles. The van der Waals surface area contributed by atoms with Crippen LogP contribution in [-0.2, 0) is 4.79 Å². The molecule has 1 fully saturated rings. The first-order chi connectivity index (χ1) is 4.66. The molecule has 1 aliphatic heterocycles. The molecule has 1 aliphatic rings. The van der Waals surface area contributed by atoms with Gasteiger partial charge in [0, 0.05) is 11.5 Å². The highest BCUT2D eigenvalue weighted by Crippen LogP contribution is 2.05. The van der Waals surface area contributed by atoms with Gasteiger partial charge in [-0.1, -0.05) is 22.6 Å². The highest BCUT2D eigenvalue weighted by molar-refractivity contribution is 14.1. The minimum absolute atomic E-state index is 0.139. The number of amides is 3. The van der Waals surface area contributed by atoms with Crippen LogP contribution in [0.4, 0.5) is 4.79 Å². The number of nitrogens with one attached hydrogen (secondary N) is 1. The number of urea groups is 1. The Morgan fingerprint density at radius 3 is 2.50 bits per heavy atom. The first-order valence-electron chi connectivity index (χ1n) is 2.81. The fourth-order valence-corrected chi connectivity index (χ4v) is 1.34. The van der Waals surface area contributed by atoms with E-state index in [1.807, 2.05) is 0 Å². The third-order valence-electron chi connectivity index (χ3n) is 1.39. The maximum atomic E-state index is 11.0. The molecule has 0 aromatic carbocycles. The summed E-state index contributed by atoms with van der Waals surface area (Å²) in [4.78, 5) is 22.8. The van der Waals surface area contributed by atoms with Crippen LogP contribution in [0.3, 0.4) is 0 Å². The molecule has 0 spiro atoms. The Labute approximate surface area is 72.1 Å². The van der Waals surface area contributed by atoms with Gasteiger partial charge in [-0.25, -0.2) is 4.79 Å². The Morgan fingerprint density at radius 1 is 1.70 bits per heavy atom. The van der Waals surface area contributed by atoms with Crippen molar-refractivity contribution in [1.29, 1.82) is 0 Å². The summed E-state index contributed by atoms with van der Waals surface area (Å²) in [6.45, 7) is 0. The van der Waals surface area contributed by atoms with Gasteiger partial charge in [-0.15, -0.1) is 0 Å². The van der Waals surface area contributed by atoms with Crippen LogP contribution < -0.4 is 5.32 Å². The lowest BCUT2D eigenvalue weighted by Gasteiger charge is -2.01. The Kier molecular flexibility index (Phi) is 2.12. The van der Waals surface area contributed by atoms with Gasteiger partial charge in [0.15, 0.2) is 0 Å². The normalized spacial score (nSPS) is 25.4. The molecule has 1 unspecified atom stereocenters. The average molecular weight is 254 g/mol. The van der Waals surface area contributed by atoms with E-state index in [0.29, 0.717) is 4.43 Å². The lowest BCUT2D eigenvalue weighted by atomic mass is 10.3. The molecule has 0 aromatic rings. The molecule has 10 heavy (non-hydrogen) atoms. The molecule has 0 aromatic heterocycles. The maximum Gasteiger partial charge on any atom is 0.324 e. The standard InChI is InChI=1S/C5H7IN2O2/c1-8-4(9)3(2-6)7-5(8)10/h3H,2H2,1H3,(H,7,10). The number of carbonyl (C=O) groups is 2. The number of hydrogen-bond acceptors (Lipinski definition) is 2. The van der Waals surface area contributed by atoms with E-state index in [1.165, 1.54) is 7.05 Å². The number of carbonyl (C=O) groups excluding carboxylic acids is 2. The molecule has 0 aliphatic carbocycles. The minimum Gasteiger partial charge on any atom is -0.325 e. The monoisotopic (exact) mass is 254 g/mol. The summed E-state index contributed by atoms with van der Waals surface area (Å²) in [7, 11) is 1.48. The van der Waals surface area contributed by atoms with Crippen molar-refractivity contribution in [3.05, 3.63) is 0 Å². The number of hydrogen-bond donors (Lipinski definition) is 1. The predicted octanol–water partition coefficient (Wildman–Crippen LogP) is -0.0284. The van der Waals surface area contributed by atoms with Crippen molar-refractivity contribution in [3.8, 4) is 0 Å². The van der Waals surface area contributed by atoms with Crippen LogP contribution in [0.15, 0.2) is 0 Å². The molecule has 4 nitrogen and oxygen atoms in total. The predicted molar refractivity (Wildman–Crippen MR) is 44.0 cm³/mol. The zero-order valence-electron chi connectivity index (χ0n) is 5.43. The lowest BCUT2D eigenvalue weighted by Crippen LogP contribution is -2.30. The third-order valence-corrected chi connectivity index (χ3v) is 2.27. The number of nitrogens with zero attached hydrogens (tertiary/aromatic N) is 1. The summed E-state index contributed by atoms with van der Waals surface area (Å²) >= 11 is 2.06. The summed E-state index contributed by atoms with van der Waals surface area (Å²) in [5.41, 5.74) is 0. The topological polar surface area (TPSA) is 49.4 Å². The van der Waals surface area contributed by atoms with Crippen LogP contribution in [0.25, 0.3) is 0 Å².